The second kappa shape index (κ2) is 11.1. The SMILES string of the molecule is O=C(N[C@@H](CO)Cc1c[nH]c2ccccc12)c1cc(-c2ccc(C(O)N3CCCC3)cc2)cc2c1OCCO2. The fraction of sp³-hybridized carbons (Fsp3) is 0.323. The maximum absolute atomic E-state index is 13.5. The molecule has 3 aromatic carbocycles. The van der Waals surface area contributed by atoms with Gasteiger partial charge in [0.15, 0.2) is 11.5 Å². The number of carbonyl (C=O) groups is 1. The Hall–Kier alpha value is -3.85. The fourth-order valence-electron chi connectivity index (χ4n) is 5.52. The number of aliphatic hydroxyl groups is 2. The lowest BCUT2D eigenvalue weighted by atomic mass is 9.99. The van der Waals surface area contributed by atoms with E-state index in [9.17, 15) is 15.0 Å². The summed E-state index contributed by atoms with van der Waals surface area (Å²) in [6, 6.07) is 18.9. The Labute approximate surface area is 227 Å². The normalized spacial score (nSPS) is 16.8. The highest BCUT2D eigenvalue weighted by atomic mass is 16.6. The highest BCUT2D eigenvalue weighted by Crippen LogP contribution is 2.39. The molecule has 3 heterocycles. The molecular weight excluding hydrogens is 494 g/mol. The first-order valence-electron chi connectivity index (χ1n) is 13.5. The number of aliphatic hydroxyl groups excluding tert-OH is 2. The number of hydrogen-bond acceptors (Lipinski definition) is 6. The summed E-state index contributed by atoms with van der Waals surface area (Å²) >= 11 is 0. The average molecular weight is 528 g/mol. The van der Waals surface area contributed by atoms with Gasteiger partial charge < -0.3 is 30.0 Å². The number of amides is 1. The van der Waals surface area contributed by atoms with Crippen LogP contribution >= 0.6 is 0 Å². The van der Waals surface area contributed by atoms with Gasteiger partial charge in [-0.1, -0.05) is 42.5 Å². The zero-order valence-corrected chi connectivity index (χ0v) is 21.7. The lowest BCUT2D eigenvalue weighted by Crippen LogP contribution is -2.39. The van der Waals surface area contributed by atoms with Crippen molar-refractivity contribution in [2.24, 2.45) is 0 Å². The van der Waals surface area contributed by atoms with Gasteiger partial charge in [-0.15, -0.1) is 0 Å². The van der Waals surface area contributed by atoms with Crippen molar-refractivity contribution in [1.29, 1.82) is 0 Å². The molecule has 0 saturated carbocycles. The van der Waals surface area contributed by atoms with E-state index in [1.165, 1.54) is 0 Å². The zero-order valence-electron chi connectivity index (χ0n) is 21.7. The van der Waals surface area contributed by atoms with E-state index in [0.29, 0.717) is 36.7 Å². The molecule has 1 unspecified atom stereocenters. The number of fused-ring (bicyclic) bond motifs is 2. The largest absolute Gasteiger partial charge is 0.486 e. The molecule has 6 rings (SSSR count). The van der Waals surface area contributed by atoms with E-state index in [2.05, 4.69) is 15.2 Å². The second-order valence-corrected chi connectivity index (χ2v) is 10.2. The minimum atomic E-state index is -0.615. The van der Waals surface area contributed by atoms with E-state index < -0.39 is 12.3 Å². The topological polar surface area (TPSA) is 107 Å². The van der Waals surface area contributed by atoms with E-state index in [0.717, 1.165) is 59.1 Å². The minimum Gasteiger partial charge on any atom is -0.486 e. The number of benzene rings is 3. The summed E-state index contributed by atoms with van der Waals surface area (Å²) in [7, 11) is 0. The monoisotopic (exact) mass is 527 g/mol. The Bertz CT molecular complexity index is 1460. The van der Waals surface area contributed by atoms with E-state index in [-0.39, 0.29) is 12.5 Å². The number of H-pyrrole nitrogens is 1. The van der Waals surface area contributed by atoms with Crippen molar-refractivity contribution in [2.75, 3.05) is 32.9 Å². The molecule has 1 saturated heterocycles. The minimum absolute atomic E-state index is 0.203. The number of hydrogen-bond donors (Lipinski definition) is 4. The standard InChI is InChI=1S/C31H33N3O5/c35-19-24(15-23-18-32-27-6-2-1-5-25(23)27)33-30(36)26-16-22(17-28-29(26)39-14-13-38-28)20-7-9-21(10-8-20)31(37)34-11-3-4-12-34/h1-2,5-10,16-18,24,31-32,35,37H,3-4,11-15,19H2,(H,33,36)/t24-,31?/m1/s1. The van der Waals surface area contributed by atoms with Crippen LogP contribution in [0.4, 0.5) is 0 Å². The summed E-state index contributed by atoms with van der Waals surface area (Å²) in [5, 5.41) is 24.9. The molecule has 39 heavy (non-hydrogen) atoms. The first kappa shape index (κ1) is 25.4. The Morgan fingerprint density at radius 2 is 1.77 bits per heavy atom. The van der Waals surface area contributed by atoms with Crippen LogP contribution in [0.3, 0.4) is 0 Å². The van der Waals surface area contributed by atoms with Gasteiger partial charge in [-0.25, -0.2) is 0 Å². The predicted molar refractivity (Wildman–Crippen MR) is 149 cm³/mol. The smallest absolute Gasteiger partial charge is 0.255 e. The summed E-state index contributed by atoms with van der Waals surface area (Å²) in [4.78, 5) is 18.9. The van der Waals surface area contributed by atoms with E-state index in [4.69, 9.17) is 9.47 Å². The van der Waals surface area contributed by atoms with Crippen molar-refractivity contribution in [3.63, 3.8) is 0 Å². The summed E-state index contributed by atoms with van der Waals surface area (Å²) in [5.74, 6) is 0.591. The Kier molecular flexibility index (Phi) is 7.24. The predicted octanol–water partition coefficient (Wildman–Crippen LogP) is 4.03. The lowest BCUT2D eigenvalue weighted by Gasteiger charge is -2.24. The van der Waals surface area contributed by atoms with Crippen LogP contribution in [0.5, 0.6) is 11.5 Å². The Balaban J connectivity index is 1.25. The van der Waals surface area contributed by atoms with Crippen molar-refractivity contribution < 1.29 is 24.5 Å². The Morgan fingerprint density at radius 3 is 2.56 bits per heavy atom. The molecule has 2 atom stereocenters. The molecule has 0 radical (unpaired) electrons. The molecule has 202 valence electrons. The van der Waals surface area contributed by atoms with Crippen LogP contribution in [-0.4, -0.2) is 65.0 Å². The fourth-order valence-corrected chi connectivity index (χ4v) is 5.52. The first-order chi connectivity index (χ1) is 19.1. The number of rotatable bonds is 8. The van der Waals surface area contributed by atoms with Crippen molar-refractivity contribution >= 4 is 16.8 Å². The summed E-state index contributed by atoms with van der Waals surface area (Å²) in [6.07, 6.45) is 4.00. The van der Waals surface area contributed by atoms with Gasteiger partial charge in [0, 0.05) is 30.2 Å². The molecule has 0 bridgehead atoms. The number of likely N-dealkylation sites (tertiary alicyclic amines) is 1. The van der Waals surface area contributed by atoms with Crippen molar-refractivity contribution in [3.05, 3.63) is 83.6 Å². The van der Waals surface area contributed by atoms with Crippen molar-refractivity contribution in [3.8, 4) is 22.6 Å². The average Bonchev–Trinajstić information content (AvgIpc) is 3.67. The van der Waals surface area contributed by atoms with Crippen LogP contribution in [0, 0.1) is 0 Å². The van der Waals surface area contributed by atoms with Gasteiger partial charge in [0.1, 0.15) is 19.4 Å². The molecule has 0 aliphatic carbocycles. The number of aromatic nitrogens is 1. The molecule has 1 amide bonds. The highest BCUT2D eigenvalue weighted by Gasteiger charge is 2.25. The summed E-state index contributed by atoms with van der Waals surface area (Å²) < 4.78 is 11.7. The lowest BCUT2D eigenvalue weighted by molar-refractivity contribution is 0.0190. The summed E-state index contributed by atoms with van der Waals surface area (Å²) in [6.45, 7) is 2.36. The highest BCUT2D eigenvalue weighted by molar-refractivity contribution is 5.99. The van der Waals surface area contributed by atoms with E-state index >= 15 is 0 Å². The van der Waals surface area contributed by atoms with Crippen LogP contribution < -0.4 is 14.8 Å². The molecule has 8 nitrogen and oxygen atoms in total. The quantitative estimate of drug-likeness (QED) is 0.276. The van der Waals surface area contributed by atoms with Gasteiger partial charge in [0.25, 0.3) is 5.91 Å². The molecule has 2 aliphatic rings. The maximum atomic E-state index is 13.5. The van der Waals surface area contributed by atoms with Crippen LogP contribution in [0.25, 0.3) is 22.0 Å². The summed E-state index contributed by atoms with van der Waals surface area (Å²) in [5.41, 5.74) is 4.96. The third-order valence-corrected chi connectivity index (χ3v) is 7.61. The Morgan fingerprint density at radius 1 is 1.00 bits per heavy atom. The van der Waals surface area contributed by atoms with Crippen LogP contribution in [0.2, 0.25) is 0 Å². The number of ether oxygens (including phenoxy) is 2. The number of nitrogens with zero attached hydrogens (tertiary/aromatic N) is 1. The van der Waals surface area contributed by atoms with Gasteiger partial charge in [-0.2, -0.15) is 0 Å². The van der Waals surface area contributed by atoms with Crippen molar-refractivity contribution in [1.82, 2.24) is 15.2 Å². The molecule has 4 N–H and O–H groups in total. The van der Waals surface area contributed by atoms with Crippen LogP contribution in [0.1, 0.15) is 40.6 Å². The van der Waals surface area contributed by atoms with Gasteiger partial charge in [0.2, 0.25) is 0 Å². The molecular formula is C31H33N3O5. The van der Waals surface area contributed by atoms with Gasteiger partial charge in [-0.3, -0.25) is 9.69 Å². The zero-order chi connectivity index (χ0) is 26.8. The maximum Gasteiger partial charge on any atom is 0.255 e. The van der Waals surface area contributed by atoms with Gasteiger partial charge >= 0.3 is 0 Å². The molecule has 1 fully saturated rings. The number of aromatic amines is 1. The first-order valence-corrected chi connectivity index (χ1v) is 13.5. The van der Waals surface area contributed by atoms with Crippen LogP contribution in [0.15, 0.2) is 66.9 Å². The van der Waals surface area contributed by atoms with E-state index in [1.807, 2.05) is 60.8 Å². The van der Waals surface area contributed by atoms with E-state index in [1.54, 1.807) is 6.07 Å². The third-order valence-electron chi connectivity index (χ3n) is 7.61. The third kappa shape index (κ3) is 5.23. The van der Waals surface area contributed by atoms with Gasteiger partial charge in [-0.05, 0) is 59.7 Å². The second-order valence-electron chi connectivity index (χ2n) is 10.2. The van der Waals surface area contributed by atoms with Gasteiger partial charge in [0.05, 0.1) is 18.2 Å². The number of carbonyl (C=O) groups excluding carboxylic acids is 1. The molecule has 2 aliphatic heterocycles. The molecule has 4 aromatic rings. The molecule has 8 heteroatoms. The number of para-hydroxylation sites is 1. The molecule has 0 spiro atoms. The molecule has 1 aromatic heterocycles. The van der Waals surface area contributed by atoms with Crippen LogP contribution in [-0.2, 0) is 6.42 Å². The van der Waals surface area contributed by atoms with Crippen molar-refractivity contribution in [2.45, 2.75) is 31.5 Å². The number of nitrogens with one attached hydrogen (secondary N) is 2.